The fourth-order valence-electron chi connectivity index (χ4n) is 2.03. The number of carbonyl (C=O) groups excluding carboxylic acids is 1. The number of nitrogens with one attached hydrogen (secondary N) is 1. The Morgan fingerprint density at radius 1 is 1.38 bits per heavy atom. The molecule has 0 spiro atoms. The quantitative estimate of drug-likeness (QED) is 0.829. The van der Waals surface area contributed by atoms with Crippen molar-refractivity contribution in [2.24, 2.45) is 0 Å². The fourth-order valence-corrected chi connectivity index (χ4v) is 2.03. The van der Waals surface area contributed by atoms with Gasteiger partial charge in [-0.1, -0.05) is 18.1 Å². The summed E-state index contributed by atoms with van der Waals surface area (Å²) in [6, 6.07) is -2.06. The summed E-state index contributed by atoms with van der Waals surface area (Å²) in [6.45, 7) is 2.85. The normalized spacial score (nSPS) is 21.4. The molecule has 1 aliphatic rings. The van der Waals surface area contributed by atoms with E-state index in [0.29, 0.717) is 12.8 Å². The van der Waals surface area contributed by atoms with Crippen LogP contribution in [0.1, 0.15) is 26.6 Å². The Kier molecular flexibility index (Phi) is 2.05. The van der Waals surface area contributed by atoms with E-state index in [1.165, 1.54) is 11.8 Å². The van der Waals surface area contributed by atoms with Crippen LogP contribution in [0.4, 0.5) is 5.69 Å². The van der Waals surface area contributed by atoms with Gasteiger partial charge in [0.05, 0.1) is 6.85 Å². The van der Waals surface area contributed by atoms with Crippen LogP contribution in [-0.2, 0) is 4.79 Å². The van der Waals surface area contributed by atoms with Gasteiger partial charge < -0.3 is 10.2 Å². The molecule has 1 aromatic carbocycles. The van der Waals surface area contributed by atoms with E-state index >= 15 is 0 Å². The van der Waals surface area contributed by atoms with Gasteiger partial charge in [0.15, 0.2) is 0 Å². The highest BCUT2D eigenvalue weighted by atomic mass is 16.2. The van der Waals surface area contributed by atoms with Crippen LogP contribution in [0.3, 0.4) is 0 Å². The average Bonchev–Trinajstić information content (AvgIpc) is 2.48. The number of hydrogen-bond donors (Lipinski definition) is 1. The molecule has 1 heterocycles. The molecule has 1 aliphatic heterocycles. The van der Waals surface area contributed by atoms with Crippen molar-refractivity contribution in [3.63, 3.8) is 0 Å². The van der Waals surface area contributed by atoms with Crippen molar-refractivity contribution in [2.75, 3.05) is 18.0 Å². The monoisotopic (exact) mass is 223 g/mol. The predicted octanol–water partition coefficient (Wildman–Crippen LogP) is 1.79. The lowest BCUT2D eigenvalue weighted by Crippen LogP contribution is -2.45. The number of piperidine rings is 1. The maximum atomic E-state index is 12.0. The summed E-state index contributed by atoms with van der Waals surface area (Å²) in [7, 11) is 0. The number of hydrogen-bond acceptors (Lipinski definition) is 2. The van der Waals surface area contributed by atoms with Crippen LogP contribution in [0.2, 0.25) is 0 Å². The lowest BCUT2D eigenvalue weighted by molar-refractivity contribution is -0.117. The van der Waals surface area contributed by atoms with Gasteiger partial charge in [-0.05, 0) is 38.0 Å². The molecule has 0 aliphatic carbocycles. The molecule has 0 aromatic heterocycles. The van der Waals surface area contributed by atoms with Gasteiger partial charge in [-0.15, -0.1) is 0 Å². The first-order valence-electron chi connectivity index (χ1n) is 7.93. The van der Waals surface area contributed by atoms with Crippen LogP contribution < -0.4 is 10.2 Å². The lowest BCUT2D eigenvalue weighted by atomic mass is 10.0. The Labute approximate surface area is 103 Å². The highest BCUT2D eigenvalue weighted by Crippen LogP contribution is 2.21. The number of carbonyl (C=O) groups is 1. The minimum atomic E-state index is -0.442. The van der Waals surface area contributed by atoms with Crippen molar-refractivity contribution >= 4 is 11.6 Å². The maximum absolute atomic E-state index is 12.0. The summed E-state index contributed by atoms with van der Waals surface area (Å²) in [4.78, 5) is 13.4. The van der Waals surface area contributed by atoms with Gasteiger partial charge in [0.2, 0.25) is 5.91 Å². The van der Waals surface area contributed by atoms with Crippen LogP contribution in [-0.4, -0.2) is 25.0 Å². The molecule has 86 valence electrons. The topological polar surface area (TPSA) is 32.3 Å². The molecule has 3 heteroatoms. The summed E-state index contributed by atoms with van der Waals surface area (Å²) in [6.07, 6.45) is 1.39. The number of para-hydroxylation sites is 1. The molecule has 1 fully saturated rings. The zero-order valence-electron chi connectivity index (χ0n) is 14.3. The molecule has 1 N–H and O–H groups in total. The van der Waals surface area contributed by atoms with E-state index in [1.54, 1.807) is 0 Å². The van der Waals surface area contributed by atoms with Crippen LogP contribution in [0.5, 0.6) is 0 Å². The van der Waals surface area contributed by atoms with Crippen molar-refractivity contribution < 1.29 is 11.6 Å². The molecule has 0 unspecified atom stereocenters. The Morgan fingerprint density at radius 2 is 2.00 bits per heavy atom. The van der Waals surface area contributed by atoms with Crippen molar-refractivity contribution in [3.8, 4) is 0 Å². The Balaban J connectivity index is 2.58. The van der Waals surface area contributed by atoms with E-state index in [1.807, 2.05) is 0 Å². The van der Waals surface area contributed by atoms with E-state index in [2.05, 4.69) is 5.32 Å². The van der Waals surface area contributed by atoms with Gasteiger partial charge in [0.25, 0.3) is 0 Å². The molecule has 1 amide bonds. The number of anilines is 1. The summed E-state index contributed by atoms with van der Waals surface area (Å²) in [5, 5.41) is 3.19. The molecule has 16 heavy (non-hydrogen) atoms. The van der Waals surface area contributed by atoms with E-state index in [4.69, 9.17) is 6.85 Å². The van der Waals surface area contributed by atoms with Gasteiger partial charge in [0.1, 0.15) is 0 Å². The molecule has 0 bridgehead atoms. The summed E-state index contributed by atoms with van der Waals surface area (Å²) < 4.78 is 39.1. The fraction of sp³-hybridized carbons (Fsp3) is 0.462. The second kappa shape index (κ2) is 5.12. The van der Waals surface area contributed by atoms with E-state index in [0.717, 1.165) is 13.1 Å². The zero-order valence-corrected chi connectivity index (χ0v) is 9.26. The minimum Gasteiger partial charge on any atom is -0.317 e. The Bertz CT molecular complexity index is 543. The van der Waals surface area contributed by atoms with Gasteiger partial charge in [0, 0.05) is 18.7 Å². The largest absolute Gasteiger partial charge is 0.317 e. The van der Waals surface area contributed by atoms with E-state index in [-0.39, 0.29) is 29.7 Å². The number of rotatable bonds is 2. The predicted molar refractivity (Wildman–Crippen MR) is 65.5 cm³/mol. The summed E-state index contributed by atoms with van der Waals surface area (Å²) in [5.74, 6) is -0.305. The lowest BCUT2D eigenvalue weighted by Gasteiger charge is -2.34. The molecule has 0 saturated carbocycles. The first-order chi connectivity index (χ1) is 9.86. The van der Waals surface area contributed by atoms with Crippen LogP contribution in [0.25, 0.3) is 0 Å². The SMILES string of the molecule is [2H]c1c([2H])c([2H])c(N(C(C)=O)C2CCNCC2)c([2H])c1[2H]. The second-order valence-electron chi connectivity index (χ2n) is 3.84. The average molecular weight is 223 g/mol. The summed E-state index contributed by atoms with van der Waals surface area (Å²) in [5.41, 5.74) is -0.0135. The first-order valence-corrected chi connectivity index (χ1v) is 5.43. The number of benzene rings is 1. The first kappa shape index (κ1) is 6.40. The third kappa shape index (κ3) is 2.42. The molecular formula is C13H18N2O. The Morgan fingerprint density at radius 3 is 2.56 bits per heavy atom. The van der Waals surface area contributed by atoms with Crippen molar-refractivity contribution in [2.45, 2.75) is 25.8 Å². The number of amides is 1. The highest BCUT2D eigenvalue weighted by molar-refractivity contribution is 5.92. The third-order valence-electron chi connectivity index (χ3n) is 2.74. The minimum absolute atomic E-state index is 0.0135. The van der Waals surface area contributed by atoms with Gasteiger partial charge >= 0.3 is 0 Å². The van der Waals surface area contributed by atoms with Crippen molar-refractivity contribution in [1.29, 1.82) is 0 Å². The molecule has 0 atom stereocenters. The van der Waals surface area contributed by atoms with Gasteiger partial charge in [-0.3, -0.25) is 4.79 Å². The summed E-state index contributed by atoms with van der Waals surface area (Å²) >= 11 is 0. The molecular weight excluding hydrogens is 200 g/mol. The van der Waals surface area contributed by atoms with Gasteiger partial charge in [-0.25, -0.2) is 0 Å². The number of nitrogens with zero attached hydrogens (tertiary/aromatic N) is 1. The highest BCUT2D eigenvalue weighted by Gasteiger charge is 2.23. The Hall–Kier alpha value is -1.35. The molecule has 3 nitrogen and oxygen atoms in total. The molecule has 1 saturated heterocycles. The third-order valence-corrected chi connectivity index (χ3v) is 2.74. The van der Waals surface area contributed by atoms with Gasteiger partial charge in [-0.2, -0.15) is 0 Å². The second-order valence-corrected chi connectivity index (χ2v) is 3.84. The maximum Gasteiger partial charge on any atom is 0.224 e. The van der Waals surface area contributed by atoms with Crippen LogP contribution in [0, 0.1) is 0 Å². The van der Waals surface area contributed by atoms with Crippen molar-refractivity contribution in [3.05, 3.63) is 30.2 Å². The standard InChI is InChI=1S/C13H18N2O/c1-11(16)15(12-5-3-2-4-6-12)13-7-9-14-10-8-13/h2-6,13-14H,7-10H2,1H3/i2D,3D,4D,5D,6D. The van der Waals surface area contributed by atoms with Crippen LogP contribution >= 0.6 is 0 Å². The van der Waals surface area contributed by atoms with E-state index < -0.39 is 18.1 Å². The molecule has 2 rings (SSSR count). The zero-order chi connectivity index (χ0) is 15.7. The van der Waals surface area contributed by atoms with Crippen LogP contribution in [0.15, 0.2) is 30.2 Å². The molecule has 0 radical (unpaired) electrons. The smallest absolute Gasteiger partial charge is 0.224 e. The van der Waals surface area contributed by atoms with Crippen molar-refractivity contribution in [1.82, 2.24) is 5.32 Å². The molecule has 1 aromatic rings. The van der Waals surface area contributed by atoms with E-state index in [9.17, 15) is 4.79 Å².